The second kappa shape index (κ2) is 13.9. The average Bonchev–Trinajstić information content (AvgIpc) is 2.39. The summed E-state index contributed by atoms with van der Waals surface area (Å²) >= 11 is 0. The molecule has 4 heteroatoms. The van der Waals surface area contributed by atoms with Crippen LogP contribution in [-0.2, 0) is 9.53 Å². The molecule has 4 nitrogen and oxygen atoms in total. The molecule has 94 valence electrons. The molecule has 0 heterocycles. The van der Waals surface area contributed by atoms with Crippen LogP contribution in [0.2, 0.25) is 0 Å². The average molecular weight is 236 g/mol. The first-order valence-electron chi connectivity index (χ1n) is 5.24. The monoisotopic (exact) mass is 236 g/mol. The number of carbonyl (C=O) groups is 1. The van der Waals surface area contributed by atoms with Gasteiger partial charge >= 0.3 is 5.97 Å². The van der Waals surface area contributed by atoms with Crippen molar-refractivity contribution in [3.63, 3.8) is 0 Å². The van der Waals surface area contributed by atoms with E-state index < -0.39 is 5.97 Å². The van der Waals surface area contributed by atoms with Gasteiger partial charge in [-0.25, -0.2) is 4.79 Å². The molecule has 0 spiro atoms. The highest BCUT2D eigenvalue weighted by atomic mass is 16.5. The molecule has 0 fully saturated rings. The molecule has 0 aliphatic rings. The van der Waals surface area contributed by atoms with Crippen LogP contribution >= 0.6 is 0 Å². The first kappa shape index (κ1) is 17.3. The second-order valence-corrected chi connectivity index (χ2v) is 2.35. The molecule has 0 aliphatic carbocycles. The summed E-state index contributed by atoms with van der Waals surface area (Å²) in [6, 6.07) is 0. The van der Waals surface area contributed by atoms with E-state index in [-0.39, 0.29) is 5.57 Å². The number of esters is 1. The number of hydrogen-bond donors (Lipinski definition) is 1. The van der Waals surface area contributed by atoms with Crippen LogP contribution in [0.25, 0.3) is 0 Å². The van der Waals surface area contributed by atoms with Gasteiger partial charge in [-0.2, -0.15) is 0 Å². The molecule has 0 aliphatic heterocycles. The number of ether oxygens (including phenoxy) is 1. The Kier molecular flexibility index (Phi) is 14.1. The zero-order valence-electron chi connectivity index (χ0n) is 10.6. The molecule has 0 radical (unpaired) electrons. The Morgan fingerprint density at radius 2 is 1.94 bits per heavy atom. The van der Waals surface area contributed by atoms with Crippen molar-refractivity contribution in [2.75, 3.05) is 7.11 Å². The molecular formula is C13H20N2O2. The van der Waals surface area contributed by atoms with E-state index >= 15 is 0 Å². The van der Waals surface area contributed by atoms with Crippen molar-refractivity contribution >= 4 is 12.2 Å². The molecule has 0 saturated heterocycles. The Morgan fingerprint density at radius 1 is 1.29 bits per heavy atom. The van der Waals surface area contributed by atoms with E-state index in [2.05, 4.69) is 16.3 Å². The third-order valence-corrected chi connectivity index (χ3v) is 1.34. The number of rotatable bonds is 5. The first-order valence-corrected chi connectivity index (χ1v) is 5.24. The SMILES string of the molecule is C=C\C=C/C=C/N=C/C(=C\N)C(=O)OC.CC. The molecule has 0 aromatic rings. The number of nitrogens with zero attached hydrogens (tertiary/aromatic N) is 1. The van der Waals surface area contributed by atoms with Crippen LogP contribution in [0.5, 0.6) is 0 Å². The summed E-state index contributed by atoms with van der Waals surface area (Å²) in [5.74, 6) is -0.517. The maximum absolute atomic E-state index is 11.0. The van der Waals surface area contributed by atoms with Crippen molar-refractivity contribution in [1.82, 2.24) is 0 Å². The summed E-state index contributed by atoms with van der Waals surface area (Å²) in [6.45, 7) is 7.51. The summed E-state index contributed by atoms with van der Waals surface area (Å²) in [7, 11) is 1.28. The molecule has 0 unspecified atom stereocenters. The van der Waals surface area contributed by atoms with E-state index in [0.717, 1.165) is 6.20 Å². The van der Waals surface area contributed by atoms with Gasteiger partial charge in [0.25, 0.3) is 0 Å². The molecular weight excluding hydrogens is 216 g/mol. The van der Waals surface area contributed by atoms with Gasteiger partial charge in [0.2, 0.25) is 0 Å². The minimum atomic E-state index is -0.517. The van der Waals surface area contributed by atoms with Gasteiger partial charge in [-0.05, 0) is 6.08 Å². The highest BCUT2D eigenvalue weighted by molar-refractivity contribution is 6.09. The molecule has 0 atom stereocenters. The summed E-state index contributed by atoms with van der Waals surface area (Å²) in [5, 5.41) is 0. The number of hydrogen-bond acceptors (Lipinski definition) is 4. The van der Waals surface area contributed by atoms with E-state index in [1.807, 2.05) is 13.8 Å². The predicted molar refractivity (Wildman–Crippen MR) is 72.6 cm³/mol. The van der Waals surface area contributed by atoms with Crippen molar-refractivity contribution in [2.45, 2.75) is 13.8 Å². The molecule has 0 rings (SSSR count). The largest absolute Gasteiger partial charge is 0.465 e. The van der Waals surface area contributed by atoms with Crippen LogP contribution in [0.3, 0.4) is 0 Å². The summed E-state index contributed by atoms with van der Waals surface area (Å²) in [4.78, 5) is 14.8. The van der Waals surface area contributed by atoms with Gasteiger partial charge in [-0.15, -0.1) is 0 Å². The molecule has 17 heavy (non-hydrogen) atoms. The molecule has 0 aromatic carbocycles. The van der Waals surface area contributed by atoms with Gasteiger partial charge in [0.05, 0.1) is 12.7 Å². The van der Waals surface area contributed by atoms with Gasteiger partial charge < -0.3 is 10.5 Å². The van der Waals surface area contributed by atoms with E-state index in [0.29, 0.717) is 0 Å². The van der Waals surface area contributed by atoms with E-state index in [1.165, 1.54) is 19.5 Å². The van der Waals surface area contributed by atoms with Crippen LogP contribution < -0.4 is 5.73 Å². The molecule has 0 aromatic heterocycles. The fraction of sp³-hybridized carbons (Fsp3) is 0.231. The lowest BCUT2D eigenvalue weighted by Gasteiger charge is -1.95. The van der Waals surface area contributed by atoms with E-state index in [9.17, 15) is 4.79 Å². The normalized spacial score (nSPS) is 11.6. The van der Waals surface area contributed by atoms with Crippen LogP contribution in [0.1, 0.15) is 13.8 Å². The van der Waals surface area contributed by atoms with Crippen molar-refractivity contribution in [3.8, 4) is 0 Å². The van der Waals surface area contributed by atoms with Gasteiger partial charge in [0.15, 0.2) is 0 Å². The topological polar surface area (TPSA) is 64.7 Å². The predicted octanol–water partition coefficient (Wildman–Crippen LogP) is 2.35. The van der Waals surface area contributed by atoms with Crippen molar-refractivity contribution in [2.24, 2.45) is 10.7 Å². The molecule has 2 N–H and O–H groups in total. The zero-order valence-corrected chi connectivity index (χ0v) is 10.6. The lowest BCUT2D eigenvalue weighted by Crippen LogP contribution is -2.07. The van der Waals surface area contributed by atoms with Gasteiger partial charge in [-0.3, -0.25) is 4.99 Å². The summed E-state index contributed by atoms with van der Waals surface area (Å²) in [5.41, 5.74) is 5.41. The van der Waals surface area contributed by atoms with Gasteiger partial charge in [-0.1, -0.05) is 38.7 Å². The minimum Gasteiger partial charge on any atom is -0.465 e. The Bertz CT molecular complexity index is 326. The fourth-order valence-electron chi connectivity index (χ4n) is 0.647. The standard InChI is InChI=1S/C11H14N2O2.C2H6/c1-3-4-5-6-7-13-9-10(8-12)11(14)15-2;1-2/h3-9H,1,12H2,2H3;1-2H3/b5-4-,7-6+,10-8+,13-9+;. The highest BCUT2D eigenvalue weighted by Gasteiger charge is 2.03. The fourth-order valence-corrected chi connectivity index (χ4v) is 0.647. The van der Waals surface area contributed by atoms with Crippen molar-refractivity contribution in [3.05, 3.63) is 48.9 Å². The third kappa shape index (κ3) is 10.2. The number of aliphatic imine (C=N–C) groups is 1. The van der Waals surface area contributed by atoms with Crippen LogP contribution in [0, 0.1) is 0 Å². The minimum absolute atomic E-state index is 0.204. The molecule has 0 amide bonds. The number of methoxy groups -OCH3 is 1. The quantitative estimate of drug-likeness (QED) is 0.345. The Hall–Kier alpha value is -2.10. The summed E-state index contributed by atoms with van der Waals surface area (Å²) < 4.78 is 4.47. The van der Waals surface area contributed by atoms with Crippen molar-refractivity contribution in [1.29, 1.82) is 0 Å². The van der Waals surface area contributed by atoms with Crippen LogP contribution in [0.4, 0.5) is 0 Å². The van der Waals surface area contributed by atoms with Gasteiger partial charge in [0.1, 0.15) is 0 Å². The second-order valence-electron chi connectivity index (χ2n) is 2.35. The number of carbonyl (C=O) groups excluding carboxylic acids is 1. The maximum Gasteiger partial charge on any atom is 0.340 e. The van der Waals surface area contributed by atoms with Gasteiger partial charge in [0, 0.05) is 18.6 Å². The Balaban J connectivity index is 0. The lowest BCUT2D eigenvalue weighted by atomic mass is 10.3. The smallest absolute Gasteiger partial charge is 0.340 e. The molecule has 0 bridgehead atoms. The maximum atomic E-state index is 11.0. The number of allylic oxidation sites excluding steroid dienone is 4. The van der Waals surface area contributed by atoms with E-state index in [4.69, 9.17) is 5.73 Å². The summed E-state index contributed by atoms with van der Waals surface area (Å²) in [6.07, 6.45) is 10.8. The van der Waals surface area contributed by atoms with Crippen LogP contribution in [-0.4, -0.2) is 19.3 Å². The van der Waals surface area contributed by atoms with E-state index in [1.54, 1.807) is 24.3 Å². The highest BCUT2D eigenvalue weighted by Crippen LogP contribution is 1.91. The number of nitrogens with two attached hydrogens (primary N) is 1. The lowest BCUT2D eigenvalue weighted by molar-refractivity contribution is -0.135. The van der Waals surface area contributed by atoms with Crippen LogP contribution in [0.15, 0.2) is 53.8 Å². The van der Waals surface area contributed by atoms with Crippen molar-refractivity contribution < 1.29 is 9.53 Å². The Labute approximate surface area is 103 Å². The molecule has 0 saturated carbocycles. The zero-order chi connectivity index (χ0) is 13.5. The Morgan fingerprint density at radius 3 is 2.41 bits per heavy atom. The third-order valence-electron chi connectivity index (χ3n) is 1.34. The first-order chi connectivity index (χ1) is 8.26.